The highest BCUT2D eigenvalue weighted by molar-refractivity contribution is 6.32. The van der Waals surface area contributed by atoms with Gasteiger partial charge in [0.2, 0.25) is 0 Å². The predicted molar refractivity (Wildman–Crippen MR) is 67.8 cm³/mol. The molecule has 0 radical (unpaired) electrons. The number of rotatable bonds is 4. The summed E-state index contributed by atoms with van der Waals surface area (Å²) >= 11 is 6.26. The summed E-state index contributed by atoms with van der Waals surface area (Å²) in [6, 6.07) is 1.85. The van der Waals surface area contributed by atoms with Crippen molar-refractivity contribution in [2.75, 3.05) is 13.2 Å². The van der Waals surface area contributed by atoms with Crippen molar-refractivity contribution < 1.29 is 19.4 Å². The maximum absolute atomic E-state index is 10.5. The fraction of sp³-hybridized carbons (Fsp3) is 0.462. The fourth-order valence-corrected chi connectivity index (χ4v) is 2.24. The van der Waals surface area contributed by atoms with Gasteiger partial charge in [0.15, 0.2) is 11.5 Å². The summed E-state index contributed by atoms with van der Waals surface area (Å²) in [6.07, 6.45) is 1.33. The largest absolute Gasteiger partial charge is 0.486 e. The Morgan fingerprint density at radius 1 is 1.44 bits per heavy atom. The molecule has 0 aliphatic carbocycles. The van der Waals surface area contributed by atoms with Crippen molar-refractivity contribution >= 4 is 17.6 Å². The van der Waals surface area contributed by atoms with Crippen LogP contribution in [0.3, 0.4) is 0 Å². The maximum Gasteiger partial charge on any atom is 0.303 e. The average molecular weight is 271 g/mol. The number of fused-ring (bicyclic) bond motifs is 1. The van der Waals surface area contributed by atoms with E-state index in [1.54, 1.807) is 0 Å². The van der Waals surface area contributed by atoms with E-state index in [4.69, 9.17) is 26.2 Å². The number of ether oxygens (including phenoxy) is 2. The molecule has 0 saturated carbocycles. The molecule has 0 fully saturated rings. The zero-order chi connectivity index (χ0) is 13.1. The molecule has 4 nitrogen and oxygen atoms in total. The number of hydrogen-bond acceptors (Lipinski definition) is 3. The summed E-state index contributed by atoms with van der Waals surface area (Å²) in [5.74, 6) is 0.613. The molecule has 1 N–H and O–H groups in total. The molecule has 0 atom stereocenters. The van der Waals surface area contributed by atoms with Gasteiger partial charge in [0.1, 0.15) is 13.2 Å². The molecular formula is C13H15ClO4. The SMILES string of the molecule is Cc1c(Cl)c(CCCC(=O)O)cc2c1OCCO2. The Hall–Kier alpha value is -1.42. The van der Waals surface area contributed by atoms with Crippen LogP contribution in [0.15, 0.2) is 6.07 Å². The van der Waals surface area contributed by atoms with Crippen LogP contribution < -0.4 is 9.47 Å². The molecule has 18 heavy (non-hydrogen) atoms. The first kappa shape index (κ1) is 13.0. The van der Waals surface area contributed by atoms with Crippen molar-refractivity contribution in [1.29, 1.82) is 0 Å². The molecule has 1 aliphatic heterocycles. The molecule has 0 spiro atoms. The Morgan fingerprint density at radius 3 is 2.89 bits per heavy atom. The molecular weight excluding hydrogens is 256 g/mol. The van der Waals surface area contributed by atoms with Crippen LogP contribution in [-0.2, 0) is 11.2 Å². The number of aryl methyl sites for hydroxylation is 1. The number of hydrogen-bond donors (Lipinski definition) is 1. The molecule has 0 aromatic heterocycles. The molecule has 1 aromatic rings. The third-order valence-corrected chi connectivity index (χ3v) is 3.43. The molecule has 0 bridgehead atoms. The van der Waals surface area contributed by atoms with Crippen LogP contribution in [0.5, 0.6) is 11.5 Å². The van der Waals surface area contributed by atoms with Gasteiger partial charge in [0.05, 0.1) is 5.02 Å². The topological polar surface area (TPSA) is 55.8 Å². The minimum Gasteiger partial charge on any atom is -0.486 e. The van der Waals surface area contributed by atoms with E-state index in [0.29, 0.717) is 42.6 Å². The summed E-state index contributed by atoms with van der Waals surface area (Å²) in [7, 11) is 0. The minimum atomic E-state index is -0.791. The van der Waals surface area contributed by atoms with Gasteiger partial charge in [-0.3, -0.25) is 4.79 Å². The third-order valence-electron chi connectivity index (χ3n) is 2.90. The maximum atomic E-state index is 10.5. The summed E-state index contributed by atoms with van der Waals surface area (Å²) in [5, 5.41) is 9.27. The molecule has 5 heteroatoms. The highest BCUT2D eigenvalue weighted by Crippen LogP contribution is 2.40. The Kier molecular flexibility index (Phi) is 3.97. The second-order valence-corrected chi connectivity index (χ2v) is 4.62. The van der Waals surface area contributed by atoms with Gasteiger partial charge in [-0.05, 0) is 31.4 Å². The Morgan fingerprint density at radius 2 is 2.17 bits per heavy atom. The normalized spacial score (nSPS) is 13.4. The standard InChI is InChI=1S/C13H15ClO4/c1-8-12(14)9(3-2-4-11(15)16)7-10-13(8)18-6-5-17-10/h7H,2-6H2,1H3,(H,15,16). The highest BCUT2D eigenvalue weighted by Gasteiger charge is 2.19. The molecule has 1 aliphatic rings. The van der Waals surface area contributed by atoms with E-state index in [0.717, 1.165) is 11.1 Å². The molecule has 1 heterocycles. The van der Waals surface area contributed by atoms with Gasteiger partial charge in [-0.2, -0.15) is 0 Å². The first-order valence-corrected chi connectivity index (χ1v) is 6.26. The molecule has 2 rings (SSSR count). The van der Waals surface area contributed by atoms with E-state index in [2.05, 4.69) is 0 Å². The van der Waals surface area contributed by atoms with E-state index < -0.39 is 5.97 Å². The van der Waals surface area contributed by atoms with E-state index in [1.165, 1.54) is 0 Å². The van der Waals surface area contributed by atoms with Crippen molar-refractivity contribution in [2.24, 2.45) is 0 Å². The summed E-state index contributed by atoms with van der Waals surface area (Å²) < 4.78 is 11.1. The molecule has 0 saturated heterocycles. The number of aliphatic carboxylic acids is 1. The van der Waals surface area contributed by atoms with E-state index >= 15 is 0 Å². The Labute approximate surface area is 110 Å². The van der Waals surface area contributed by atoms with Crippen LogP contribution >= 0.6 is 11.6 Å². The van der Waals surface area contributed by atoms with E-state index in [-0.39, 0.29) is 6.42 Å². The summed E-state index contributed by atoms with van der Waals surface area (Å²) in [4.78, 5) is 10.5. The molecule has 1 aromatic carbocycles. The number of carbonyl (C=O) groups is 1. The second kappa shape index (κ2) is 5.48. The minimum absolute atomic E-state index is 0.143. The monoisotopic (exact) mass is 270 g/mol. The van der Waals surface area contributed by atoms with Crippen LogP contribution in [0, 0.1) is 6.92 Å². The number of benzene rings is 1. The number of carboxylic acids is 1. The molecule has 0 amide bonds. The lowest BCUT2D eigenvalue weighted by molar-refractivity contribution is -0.137. The lowest BCUT2D eigenvalue weighted by Gasteiger charge is -2.22. The zero-order valence-corrected chi connectivity index (χ0v) is 10.9. The van der Waals surface area contributed by atoms with Crippen LogP contribution in [0.4, 0.5) is 0 Å². The lowest BCUT2D eigenvalue weighted by atomic mass is 10.0. The second-order valence-electron chi connectivity index (χ2n) is 4.25. The molecule has 98 valence electrons. The number of carboxylic acid groups (broad SMARTS) is 1. The van der Waals surface area contributed by atoms with Crippen molar-refractivity contribution in [3.63, 3.8) is 0 Å². The van der Waals surface area contributed by atoms with Crippen molar-refractivity contribution in [2.45, 2.75) is 26.2 Å². The van der Waals surface area contributed by atoms with Crippen LogP contribution in [0.25, 0.3) is 0 Å². The van der Waals surface area contributed by atoms with Gasteiger partial charge < -0.3 is 14.6 Å². The lowest BCUT2D eigenvalue weighted by Crippen LogP contribution is -2.16. The van der Waals surface area contributed by atoms with Gasteiger partial charge in [-0.1, -0.05) is 11.6 Å². The van der Waals surface area contributed by atoms with Crippen molar-refractivity contribution in [1.82, 2.24) is 0 Å². The smallest absolute Gasteiger partial charge is 0.303 e. The zero-order valence-electron chi connectivity index (χ0n) is 10.2. The summed E-state index contributed by atoms with van der Waals surface area (Å²) in [5.41, 5.74) is 1.78. The molecule has 0 unspecified atom stereocenters. The summed E-state index contributed by atoms with van der Waals surface area (Å²) in [6.45, 7) is 2.95. The van der Waals surface area contributed by atoms with E-state index in [9.17, 15) is 4.79 Å². The third kappa shape index (κ3) is 2.70. The van der Waals surface area contributed by atoms with Gasteiger partial charge in [0.25, 0.3) is 0 Å². The van der Waals surface area contributed by atoms with Gasteiger partial charge in [0, 0.05) is 12.0 Å². The van der Waals surface area contributed by atoms with Crippen molar-refractivity contribution in [3.8, 4) is 11.5 Å². The van der Waals surface area contributed by atoms with E-state index in [1.807, 2.05) is 13.0 Å². The van der Waals surface area contributed by atoms with Gasteiger partial charge in [-0.25, -0.2) is 0 Å². The van der Waals surface area contributed by atoms with Crippen molar-refractivity contribution in [3.05, 3.63) is 22.2 Å². The predicted octanol–water partition coefficient (Wildman–Crippen LogP) is 2.83. The quantitative estimate of drug-likeness (QED) is 0.914. The Balaban J connectivity index is 2.20. The highest BCUT2D eigenvalue weighted by atomic mass is 35.5. The van der Waals surface area contributed by atoms with Crippen LogP contribution in [0.1, 0.15) is 24.0 Å². The number of halogens is 1. The van der Waals surface area contributed by atoms with Crippen LogP contribution in [-0.4, -0.2) is 24.3 Å². The average Bonchev–Trinajstić information content (AvgIpc) is 2.35. The van der Waals surface area contributed by atoms with Gasteiger partial charge >= 0.3 is 5.97 Å². The first-order chi connectivity index (χ1) is 8.59. The Bertz CT molecular complexity index is 471. The first-order valence-electron chi connectivity index (χ1n) is 5.89. The van der Waals surface area contributed by atoms with Crippen LogP contribution in [0.2, 0.25) is 5.02 Å². The fourth-order valence-electron chi connectivity index (χ4n) is 2.01. The van der Waals surface area contributed by atoms with Gasteiger partial charge in [-0.15, -0.1) is 0 Å².